The molecular weight excluding hydrogens is 272 g/mol. The summed E-state index contributed by atoms with van der Waals surface area (Å²) in [5.41, 5.74) is 9.31. The molecule has 2 N–H and O–H groups in total. The van der Waals surface area contributed by atoms with Gasteiger partial charge < -0.3 is 10.6 Å². The van der Waals surface area contributed by atoms with Crippen LogP contribution >= 0.6 is 11.6 Å². The number of aryl methyl sites for hydroxylation is 1. The number of benzene rings is 2. The predicted octanol–water partition coefficient (Wildman–Crippen LogP) is 3.52. The highest BCUT2D eigenvalue weighted by Crippen LogP contribution is 2.30. The first kappa shape index (κ1) is 13.0. The van der Waals surface area contributed by atoms with Crippen molar-refractivity contribution < 1.29 is 4.79 Å². The molecule has 0 saturated carbocycles. The Labute approximate surface area is 123 Å². The lowest BCUT2D eigenvalue weighted by atomic mass is 10.00. The molecule has 1 heterocycles. The van der Waals surface area contributed by atoms with E-state index in [1.165, 1.54) is 0 Å². The number of anilines is 2. The van der Waals surface area contributed by atoms with E-state index in [-0.39, 0.29) is 5.91 Å². The van der Waals surface area contributed by atoms with Gasteiger partial charge in [-0.05, 0) is 60.9 Å². The normalized spacial score (nSPS) is 13.9. The molecule has 0 aliphatic carbocycles. The average Bonchev–Trinajstić information content (AvgIpc) is 2.46. The molecule has 0 fully saturated rings. The second-order valence-corrected chi connectivity index (χ2v) is 5.39. The molecule has 1 aliphatic heterocycles. The number of rotatable bonds is 1. The summed E-state index contributed by atoms with van der Waals surface area (Å²) in [7, 11) is 0. The third-order valence-corrected chi connectivity index (χ3v) is 3.81. The molecule has 0 bridgehead atoms. The Kier molecular flexibility index (Phi) is 3.36. The lowest BCUT2D eigenvalue weighted by Crippen LogP contribution is -2.35. The highest BCUT2D eigenvalue weighted by molar-refractivity contribution is 6.30. The second kappa shape index (κ2) is 5.17. The van der Waals surface area contributed by atoms with Gasteiger partial charge in [0.1, 0.15) is 0 Å². The van der Waals surface area contributed by atoms with Crippen LogP contribution in [0, 0.1) is 0 Å². The van der Waals surface area contributed by atoms with Crippen molar-refractivity contribution in [2.24, 2.45) is 0 Å². The van der Waals surface area contributed by atoms with Gasteiger partial charge in [0, 0.05) is 28.5 Å². The van der Waals surface area contributed by atoms with Crippen molar-refractivity contribution in [3.8, 4) is 0 Å². The predicted molar refractivity (Wildman–Crippen MR) is 82.3 cm³/mol. The fourth-order valence-electron chi connectivity index (χ4n) is 2.58. The summed E-state index contributed by atoms with van der Waals surface area (Å²) < 4.78 is 0. The number of fused-ring (bicyclic) bond motifs is 1. The number of nitrogens with two attached hydrogens (primary N) is 1. The summed E-state index contributed by atoms with van der Waals surface area (Å²) >= 11 is 5.86. The van der Waals surface area contributed by atoms with E-state index in [1.807, 2.05) is 23.1 Å². The Morgan fingerprint density at radius 1 is 1.15 bits per heavy atom. The minimum atomic E-state index is 0.00684. The minimum absolute atomic E-state index is 0.00684. The third-order valence-electron chi connectivity index (χ3n) is 3.56. The molecule has 0 spiro atoms. The molecule has 20 heavy (non-hydrogen) atoms. The van der Waals surface area contributed by atoms with Gasteiger partial charge in [0.25, 0.3) is 5.91 Å². The van der Waals surface area contributed by atoms with Gasteiger partial charge >= 0.3 is 0 Å². The summed E-state index contributed by atoms with van der Waals surface area (Å²) in [5.74, 6) is 0.00684. The quantitative estimate of drug-likeness (QED) is 0.816. The van der Waals surface area contributed by atoms with Crippen LogP contribution in [0.3, 0.4) is 0 Å². The van der Waals surface area contributed by atoms with Gasteiger partial charge in [-0.15, -0.1) is 0 Å². The van der Waals surface area contributed by atoms with Crippen LogP contribution < -0.4 is 10.6 Å². The van der Waals surface area contributed by atoms with Gasteiger partial charge in [-0.25, -0.2) is 0 Å². The van der Waals surface area contributed by atoms with Crippen LogP contribution in [0.25, 0.3) is 0 Å². The van der Waals surface area contributed by atoms with Gasteiger partial charge in [-0.2, -0.15) is 0 Å². The van der Waals surface area contributed by atoms with Crippen LogP contribution in [0.15, 0.2) is 42.5 Å². The summed E-state index contributed by atoms with van der Waals surface area (Å²) in [6.45, 7) is 0.735. The van der Waals surface area contributed by atoms with Gasteiger partial charge in [0.05, 0.1) is 0 Å². The standard InChI is InChI=1S/C16H15ClN2O/c17-13-5-3-11(4-6-13)16(20)19-9-1-2-12-10-14(18)7-8-15(12)19/h3-8,10H,1-2,9,18H2. The summed E-state index contributed by atoms with van der Waals surface area (Å²) in [6.07, 6.45) is 1.92. The highest BCUT2D eigenvalue weighted by atomic mass is 35.5. The highest BCUT2D eigenvalue weighted by Gasteiger charge is 2.23. The lowest BCUT2D eigenvalue weighted by Gasteiger charge is -2.29. The zero-order valence-corrected chi connectivity index (χ0v) is 11.7. The minimum Gasteiger partial charge on any atom is -0.399 e. The first-order chi connectivity index (χ1) is 9.65. The molecule has 4 heteroatoms. The summed E-state index contributed by atoms with van der Waals surface area (Å²) in [6, 6.07) is 12.7. The molecule has 0 atom stereocenters. The summed E-state index contributed by atoms with van der Waals surface area (Å²) in [5, 5.41) is 0.633. The van der Waals surface area contributed by atoms with E-state index >= 15 is 0 Å². The van der Waals surface area contributed by atoms with Crippen LogP contribution in [0.5, 0.6) is 0 Å². The Balaban J connectivity index is 1.96. The maximum Gasteiger partial charge on any atom is 0.258 e. The monoisotopic (exact) mass is 286 g/mol. The first-order valence-corrected chi connectivity index (χ1v) is 6.99. The van der Waals surface area contributed by atoms with Crippen molar-refractivity contribution in [1.82, 2.24) is 0 Å². The van der Waals surface area contributed by atoms with E-state index in [9.17, 15) is 4.79 Å². The smallest absolute Gasteiger partial charge is 0.258 e. The number of nitrogens with zero attached hydrogens (tertiary/aromatic N) is 1. The fourth-order valence-corrected chi connectivity index (χ4v) is 2.70. The maximum atomic E-state index is 12.6. The van der Waals surface area contributed by atoms with Crippen molar-refractivity contribution in [2.45, 2.75) is 12.8 Å². The summed E-state index contributed by atoms with van der Waals surface area (Å²) in [4.78, 5) is 14.4. The van der Waals surface area contributed by atoms with Crippen molar-refractivity contribution in [3.63, 3.8) is 0 Å². The van der Waals surface area contributed by atoms with Gasteiger partial charge in [0.15, 0.2) is 0 Å². The topological polar surface area (TPSA) is 46.3 Å². The first-order valence-electron chi connectivity index (χ1n) is 6.61. The van der Waals surface area contributed by atoms with E-state index in [2.05, 4.69) is 0 Å². The molecule has 102 valence electrons. The number of hydrogen-bond donors (Lipinski definition) is 1. The Morgan fingerprint density at radius 2 is 1.90 bits per heavy atom. The van der Waals surface area contributed by atoms with Crippen molar-refractivity contribution in [2.75, 3.05) is 17.2 Å². The molecule has 0 radical (unpaired) electrons. The molecule has 0 aromatic heterocycles. The van der Waals surface area contributed by atoms with Crippen LogP contribution in [0.1, 0.15) is 22.3 Å². The molecule has 3 rings (SSSR count). The van der Waals surface area contributed by atoms with Crippen molar-refractivity contribution in [3.05, 3.63) is 58.6 Å². The van der Waals surface area contributed by atoms with Crippen molar-refractivity contribution in [1.29, 1.82) is 0 Å². The van der Waals surface area contributed by atoms with E-state index < -0.39 is 0 Å². The van der Waals surface area contributed by atoms with E-state index in [0.717, 1.165) is 36.3 Å². The van der Waals surface area contributed by atoms with E-state index in [4.69, 9.17) is 17.3 Å². The number of hydrogen-bond acceptors (Lipinski definition) is 2. The lowest BCUT2D eigenvalue weighted by molar-refractivity contribution is 0.0985. The van der Waals surface area contributed by atoms with E-state index in [1.54, 1.807) is 24.3 Å². The van der Waals surface area contributed by atoms with Gasteiger partial charge in [-0.1, -0.05) is 11.6 Å². The van der Waals surface area contributed by atoms with E-state index in [0.29, 0.717) is 10.6 Å². The Bertz CT molecular complexity index is 652. The van der Waals surface area contributed by atoms with Crippen LogP contribution in [-0.2, 0) is 6.42 Å². The van der Waals surface area contributed by atoms with Crippen molar-refractivity contribution >= 4 is 28.9 Å². The average molecular weight is 287 g/mol. The van der Waals surface area contributed by atoms with Gasteiger partial charge in [-0.3, -0.25) is 4.79 Å². The molecule has 1 amide bonds. The molecule has 0 saturated heterocycles. The molecular formula is C16H15ClN2O. The van der Waals surface area contributed by atoms with Crippen LogP contribution in [0.2, 0.25) is 5.02 Å². The zero-order valence-electron chi connectivity index (χ0n) is 11.0. The van der Waals surface area contributed by atoms with Crippen LogP contribution in [-0.4, -0.2) is 12.5 Å². The third kappa shape index (κ3) is 2.37. The molecule has 3 nitrogen and oxygen atoms in total. The molecule has 2 aromatic rings. The Morgan fingerprint density at radius 3 is 2.65 bits per heavy atom. The molecule has 1 aliphatic rings. The zero-order chi connectivity index (χ0) is 14.1. The fraction of sp³-hybridized carbons (Fsp3) is 0.188. The number of carbonyl (C=O) groups excluding carboxylic acids is 1. The van der Waals surface area contributed by atoms with Gasteiger partial charge in [0.2, 0.25) is 0 Å². The van der Waals surface area contributed by atoms with Crippen LogP contribution in [0.4, 0.5) is 11.4 Å². The second-order valence-electron chi connectivity index (χ2n) is 4.96. The molecule has 0 unspecified atom stereocenters. The number of amides is 1. The molecule has 2 aromatic carbocycles. The SMILES string of the molecule is Nc1ccc2c(c1)CCCN2C(=O)c1ccc(Cl)cc1. The number of nitrogen functional groups attached to an aromatic ring is 1. The maximum absolute atomic E-state index is 12.6. The largest absolute Gasteiger partial charge is 0.399 e. The number of carbonyl (C=O) groups is 1. The Hall–Kier alpha value is -2.00. The number of halogens is 1.